The lowest BCUT2D eigenvalue weighted by atomic mass is 9.96. The van der Waals surface area contributed by atoms with E-state index < -0.39 is 0 Å². The van der Waals surface area contributed by atoms with Gasteiger partial charge >= 0.3 is 0 Å². The molecule has 1 unspecified atom stereocenters. The Kier molecular flexibility index (Phi) is 6.55. The number of carbonyl (C=O) groups excluding carboxylic acids is 3. The summed E-state index contributed by atoms with van der Waals surface area (Å²) in [4.78, 5) is 40.8. The second-order valence-corrected chi connectivity index (χ2v) is 8.81. The molecule has 0 spiro atoms. The van der Waals surface area contributed by atoms with Gasteiger partial charge < -0.3 is 19.9 Å². The average molecular weight is 414 g/mol. The predicted molar refractivity (Wildman–Crippen MR) is 112 cm³/mol. The van der Waals surface area contributed by atoms with Gasteiger partial charge in [-0.25, -0.2) is 0 Å². The Morgan fingerprint density at radius 1 is 1.03 bits per heavy atom. The van der Waals surface area contributed by atoms with E-state index in [2.05, 4.69) is 5.32 Å². The second kappa shape index (κ2) is 9.49. The summed E-state index contributed by atoms with van der Waals surface area (Å²) in [5, 5.41) is 3.00. The van der Waals surface area contributed by atoms with E-state index in [9.17, 15) is 14.4 Å². The molecule has 3 aliphatic rings. The molecule has 1 saturated carbocycles. The highest BCUT2D eigenvalue weighted by molar-refractivity contribution is 5.89. The van der Waals surface area contributed by atoms with E-state index in [-0.39, 0.29) is 30.2 Å². The molecule has 1 N–H and O–H groups in total. The summed E-state index contributed by atoms with van der Waals surface area (Å²) in [5.41, 5.74) is 0. The maximum atomic E-state index is 12.4. The third-order valence-electron chi connectivity index (χ3n) is 6.40. The molecular weight excluding hydrogens is 382 g/mol. The van der Waals surface area contributed by atoms with Gasteiger partial charge in [0.1, 0.15) is 5.75 Å². The molecule has 162 valence electrons. The average Bonchev–Trinajstić information content (AvgIpc) is 3.53. The fraction of sp³-hybridized carbons (Fsp3) is 0.609. The molecule has 1 atom stereocenters. The number of hydrogen-bond donors (Lipinski definition) is 1. The van der Waals surface area contributed by atoms with Crippen LogP contribution in [0.25, 0.3) is 0 Å². The van der Waals surface area contributed by atoms with Crippen molar-refractivity contribution >= 4 is 17.7 Å². The van der Waals surface area contributed by atoms with Gasteiger partial charge in [-0.1, -0.05) is 18.2 Å². The van der Waals surface area contributed by atoms with Crippen molar-refractivity contribution in [3.63, 3.8) is 0 Å². The first-order chi connectivity index (χ1) is 14.6. The van der Waals surface area contributed by atoms with Crippen molar-refractivity contribution in [3.8, 4) is 5.75 Å². The van der Waals surface area contributed by atoms with Crippen LogP contribution in [0, 0.1) is 17.8 Å². The molecule has 7 heteroatoms. The number of rotatable bonds is 8. The zero-order chi connectivity index (χ0) is 20.9. The molecule has 1 aromatic carbocycles. The van der Waals surface area contributed by atoms with Crippen LogP contribution in [0.3, 0.4) is 0 Å². The van der Waals surface area contributed by atoms with Gasteiger partial charge in [-0.3, -0.25) is 14.4 Å². The van der Waals surface area contributed by atoms with Crippen LogP contribution in [0.5, 0.6) is 5.75 Å². The van der Waals surface area contributed by atoms with Crippen LogP contribution >= 0.6 is 0 Å². The number of carbonyl (C=O) groups is 3. The Labute approximate surface area is 177 Å². The van der Waals surface area contributed by atoms with Crippen molar-refractivity contribution in [2.24, 2.45) is 17.8 Å². The van der Waals surface area contributed by atoms with Crippen LogP contribution in [-0.2, 0) is 14.4 Å². The normalized spacial score (nSPS) is 22.3. The van der Waals surface area contributed by atoms with E-state index >= 15 is 0 Å². The molecule has 1 aliphatic carbocycles. The standard InChI is InChI=1S/C23H31N3O4/c27-21-12-19(23(29)24-13-17-6-7-17)15-26(21)14-18-8-10-25(11-9-18)22(28)16-30-20-4-2-1-3-5-20/h1-5,17-19H,6-16H2,(H,24,29). The van der Waals surface area contributed by atoms with Crippen molar-refractivity contribution < 1.29 is 19.1 Å². The Morgan fingerprint density at radius 3 is 2.47 bits per heavy atom. The van der Waals surface area contributed by atoms with Gasteiger partial charge in [-0.2, -0.15) is 0 Å². The zero-order valence-corrected chi connectivity index (χ0v) is 17.4. The first kappa shape index (κ1) is 20.7. The van der Waals surface area contributed by atoms with E-state index in [1.54, 1.807) is 0 Å². The van der Waals surface area contributed by atoms with Crippen molar-refractivity contribution in [2.75, 3.05) is 39.3 Å². The predicted octanol–water partition coefficient (Wildman–Crippen LogP) is 1.68. The molecule has 3 amide bonds. The lowest BCUT2D eigenvalue weighted by Gasteiger charge is -2.34. The fourth-order valence-corrected chi connectivity index (χ4v) is 4.27. The first-order valence-electron chi connectivity index (χ1n) is 11.1. The monoisotopic (exact) mass is 413 g/mol. The smallest absolute Gasteiger partial charge is 0.260 e. The molecule has 0 aromatic heterocycles. The zero-order valence-electron chi connectivity index (χ0n) is 17.4. The van der Waals surface area contributed by atoms with Gasteiger partial charge in [0.2, 0.25) is 11.8 Å². The highest BCUT2D eigenvalue weighted by Gasteiger charge is 2.36. The minimum atomic E-state index is -0.215. The number of amides is 3. The van der Waals surface area contributed by atoms with Gasteiger partial charge in [0.25, 0.3) is 5.91 Å². The Balaban J connectivity index is 1.16. The summed E-state index contributed by atoms with van der Waals surface area (Å²) in [6.45, 7) is 3.40. The SMILES string of the molecule is O=C(NCC1CC1)C1CC(=O)N(CC2CCN(C(=O)COc3ccccc3)CC2)C1. The largest absolute Gasteiger partial charge is 0.484 e. The fourth-order valence-electron chi connectivity index (χ4n) is 4.27. The van der Waals surface area contributed by atoms with Crippen LogP contribution in [0.15, 0.2) is 30.3 Å². The molecular formula is C23H31N3O4. The summed E-state index contributed by atoms with van der Waals surface area (Å²) < 4.78 is 5.56. The van der Waals surface area contributed by atoms with Gasteiger partial charge in [-0.05, 0) is 49.7 Å². The van der Waals surface area contributed by atoms with Crippen molar-refractivity contribution in [3.05, 3.63) is 30.3 Å². The number of benzene rings is 1. The van der Waals surface area contributed by atoms with Crippen molar-refractivity contribution in [1.82, 2.24) is 15.1 Å². The molecule has 2 saturated heterocycles. The lowest BCUT2D eigenvalue weighted by Crippen LogP contribution is -2.43. The van der Waals surface area contributed by atoms with Gasteiger partial charge in [0, 0.05) is 39.1 Å². The minimum absolute atomic E-state index is 0.00181. The van der Waals surface area contributed by atoms with Crippen LogP contribution in [-0.4, -0.2) is 66.9 Å². The number of piperidine rings is 1. The molecule has 4 rings (SSSR count). The molecule has 3 fully saturated rings. The maximum absolute atomic E-state index is 12.4. The third kappa shape index (κ3) is 5.52. The number of hydrogen-bond acceptors (Lipinski definition) is 4. The maximum Gasteiger partial charge on any atom is 0.260 e. The van der Waals surface area contributed by atoms with E-state index in [0.29, 0.717) is 50.2 Å². The number of likely N-dealkylation sites (tertiary alicyclic amines) is 2. The van der Waals surface area contributed by atoms with Gasteiger partial charge in [-0.15, -0.1) is 0 Å². The number of nitrogens with zero attached hydrogens (tertiary/aromatic N) is 2. The number of nitrogens with one attached hydrogen (secondary N) is 1. The molecule has 30 heavy (non-hydrogen) atoms. The van der Waals surface area contributed by atoms with E-state index in [0.717, 1.165) is 19.4 Å². The summed E-state index contributed by atoms with van der Waals surface area (Å²) in [5.74, 6) is 1.61. The van der Waals surface area contributed by atoms with E-state index in [1.807, 2.05) is 40.1 Å². The van der Waals surface area contributed by atoms with E-state index in [4.69, 9.17) is 4.74 Å². The Bertz CT molecular complexity index is 757. The van der Waals surface area contributed by atoms with Crippen molar-refractivity contribution in [2.45, 2.75) is 32.1 Å². The summed E-state index contributed by atoms with van der Waals surface area (Å²) in [7, 11) is 0. The quantitative estimate of drug-likeness (QED) is 0.703. The summed E-state index contributed by atoms with van der Waals surface area (Å²) >= 11 is 0. The van der Waals surface area contributed by atoms with Gasteiger partial charge in [0.15, 0.2) is 6.61 Å². The molecule has 0 bridgehead atoms. The van der Waals surface area contributed by atoms with Crippen LogP contribution in [0.4, 0.5) is 0 Å². The van der Waals surface area contributed by atoms with Crippen LogP contribution in [0.1, 0.15) is 32.1 Å². The van der Waals surface area contributed by atoms with Crippen molar-refractivity contribution in [1.29, 1.82) is 0 Å². The highest BCUT2D eigenvalue weighted by atomic mass is 16.5. The topological polar surface area (TPSA) is 79.0 Å². The minimum Gasteiger partial charge on any atom is -0.484 e. The molecule has 2 aliphatic heterocycles. The molecule has 2 heterocycles. The van der Waals surface area contributed by atoms with Crippen LogP contribution < -0.4 is 10.1 Å². The molecule has 1 aromatic rings. The second-order valence-electron chi connectivity index (χ2n) is 8.81. The van der Waals surface area contributed by atoms with E-state index in [1.165, 1.54) is 12.8 Å². The highest BCUT2D eigenvalue weighted by Crippen LogP contribution is 2.28. The summed E-state index contributed by atoms with van der Waals surface area (Å²) in [6.07, 6.45) is 4.48. The number of para-hydroxylation sites is 1. The molecule has 7 nitrogen and oxygen atoms in total. The van der Waals surface area contributed by atoms with Gasteiger partial charge in [0.05, 0.1) is 5.92 Å². The number of ether oxygens (including phenoxy) is 1. The third-order valence-corrected chi connectivity index (χ3v) is 6.40. The Hall–Kier alpha value is -2.57. The summed E-state index contributed by atoms with van der Waals surface area (Å²) in [6, 6.07) is 9.35. The lowest BCUT2D eigenvalue weighted by molar-refractivity contribution is -0.135. The molecule has 0 radical (unpaired) electrons. The van der Waals surface area contributed by atoms with Crippen LogP contribution in [0.2, 0.25) is 0 Å². The first-order valence-corrected chi connectivity index (χ1v) is 11.1. The Morgan fingerprint density at radius 2 is 1.77 bits per heavy atom.